The van der Waals surface area contributed by atoms with Crippen LogP contribution in [-0.4, -0.2) is 48.2 Å². The fourth-order valence-electron chi connectivity index (χ4n) is 20.0. The predicted molar refractivity (Wildman–Crippen MR) is 571 cm³/mol. The van der Waals surface area contributed by atoms with Crippen molar-refractivity contribution in [2.24, 2.45) is 0 Å². The lowest BCUT2D eigenvalue weighted by molar-refractivity contribution is 1.06. The maximum atomic E-state index is 10.4. The minimum absolute atomic E-state index is 0.374. The van der Waals surface area contributed by atoms with Crippen molar-refractivity contribution in [2.45, 2.75) is 0 Å². The number of fused-ring (bicyclic) bond motifs is 12. The van der Waals surface area contributed by atoms with E-state index < -0.39 is 0 Å². The monoisotopic (exact) mass is 1810 g/mol. The molecule has 0 saturated heterocycles. The molecule has 0 atom stereocenters. The molecule has 142 heavy (non-hydrogen) atoms. The van der Waals surface area contributed by atoms with Gasteiger partial charge in [0.25, 0.3) is 0 Å². The summed E-state index contributed by atoms with van der Waals surface area (Å²) in [5, 5.41) is 28.7. The van der Waals surface area contributed by atoms with Gasteiger partial charge in [-0.15, -0.1) is 0 Å². The lowest BCUT2D eigenvalue weighted by atomic mass is 9.97. The van der Waals surface area contributed by atoms with Crippen LogP contribution in [0.3, 0.4) is 0 Å². The van der Waals surface area contributed by atoms with E-state index in [2.05, 4.69) is 292 Å². The molecular formula is C126H72N16. The molecule has 0 aliphatic rings. The third-order valence-corrected chi connectivity index (χ3v) is 26.5. The van der Waals surface area contributed by atoms with Gasteiger partial charge in [-0.1, -0.05) is 322 Å². The number of nitriles is 2. The van der Waals surface area contributed by atoms with Gasteiger partial charge in [0.1, 0.15) is 0 Å². The fourth-order valence-corrected chi connectivity index (χ4v) is 20.0. The number of hydrogen-bond acceptors (Lipinski definition) is 8. The van der Waals surface area contributed by atoms with Gasteiger partial charge < -0.3 is 18.3 Å². The van der Waals surface area contributed by atoms with Crippen molar-refractivity contribution in [3.8, 4) is 159 Å². The molecule has 0 saturated carbocycles. The van der Waals surface area contributed by atoms with Crippen LogP contribution < -0.4 is 0 Å². The van der Waals surface area contributed by atoms with Crippen molar-refractivity contribution in [1.82, 2.24) is 48.2 Å². The van der Waals surface area contributed by atoms with Crippen LogP contribution in [-0.2, 0) is 0 Å². The molecule has 0 radical (unpaired) electrons. The van der Waals surface area contributed by atoms with Gasteiger partial charge in [0.05, 0.1) is 93.9 Å². The Bertz CT molecular complexity index is 9460. The number of hydrogen-bond donors (Lipinski definition) is 0. The first-order valence-electron chi connectivity index (χ1n) is 46.2. The van der Waals surface area contributed by atoms with Gasteiger partial charge in [-0.3, -0.25) is 0 Å². The molecule has 16 heteroatoms. The van der Waals surface area contributed by atoms with E-state index in [9.17, 15) is 10.5 Å². The van der Waals surface area contributed by atoms with Gasteiger partial charge in [0.15, 0.2) is 57.7 Å². The van der Waals surface area contributed by atoms with E-state index in [-0.39, 0.29) is 0 Å². The van der Waals surface area contributed by atoms with Crippen molar-refractivity contribution < 1.29 is 0 Å². The summed E-state index contributed by atoms with van der Waals surface area (Å²) >= 11 is 0. The highest BCUT2D eigenvalue weighted by Gasteiger charge is 2.28. The molecule has 19 aromatic carbocycles. The van der Waals surface area contributed by atoms with E-state index >= 15 is 0 Å². The quantitative estimate of drug-likeness (QED) is 0.0916. The highest BCUT2D eigenvalue weighted by atomic mass is 15.1. The Hall–Kier alpha value is -20.7. The molecule has 0 N–H and O–H groups in total. The Balaban J connectivity index is 0.000000155. The van der Waals surface area contributed by atoms with Crippen LogP contribution in [0.25, 0.3) is 253 Å². The summed E-state index contributed by atoms with van der Waals surface area (Å²) in [6.45, 7) is 31.3. The molecule has 16 nitrogen and oxygen atoms in total. The molecule has 25 aromatic rings. The van der Waals surface area contributed by atoms with Crippen molar-refractivity contribution in [3.05, 3.63) is 494 Å². The Morgan fingerprint density at radius 2 is 0.570 bits per heavy atom. The third-order valence-electron chi connectivity index (χ3n) is 26.5. The van der Waals surface area contributed by atoms with E-state index in [4.69, 9.17) is 56.2 Å². The number of benzene rings is 19. The second-order valence-corrected chi connectivity index (χ2v) is 34.6. The van der Waals surface area contributed by atoms with Crippen LogP contribution in [0.15, 0.2) is 437 Å². The minimum atomic E-state index is 0.374. The van der Waals surface area contributed by atoms with Gasteiger partial charge in [-0.25, -0.2) is 49.3 Å². The van der Waals surface area contributed by atoms with E-state index in [0.29, 0.717) is 79.9 Å². The van der Waals surface area contributed by atoms with Crippen molar-refractivity contribution in [3.63, 3.8) is 0 Å². The normalized spacial score (nSPS) is 11.2. The maximum absolute atomic E-state index is 10.4. The number of nitrogens with zero attached hydrogens (tertiary/aromatic N) is 16. The second kappa shape index (κ2) is 35.6. The molecule has 0 amide bonds. The lowest BCUT2D eigenvalue weighted by Crippen LogP contribution is -2.04. The van der Waals surface area contributed by atoms with Crippen molar-refractivity contribution >= 4 is 110 Å². The highest BCUT2D eigenvalue weighted by Crippen LogP contribution is 2.49. The summed E-state index contributed by atoms with van der Waals surface area (Å²) in [5.41, 5.74) is 28.2. The average Bonchev–Trinajstić information content (AvgIpc) is 1.57. The molecule has 0 aliphatic heterocycles. The van der Waals surface area contributed by atoms with Crippen molar-refractivity contribution in [2.75, 3.05) is 0 Å². The molecular weight excluding hydrogens is 1740 g/mol. The summed E-state index contributed by atoms with van der Waals surface area (Å²) in [7, 11) is 0. The Morgan fingerprint density at radius 3 is 1.01 bits per heavy atom. The summed E-state index contributed by atoms with van der Waals surface area (Å²) < 4.78 is 9.26. The SMILES string of the molecule is [C-]#[N+]c1cc([N+]#[C-])cc(-c2ccc3c4ccccc4n(-c4ccc(-c5cccc6c7ccccc7n(-c7ccccc7)c56)cc4-c4nc(-c5ccccc5)nc(-c5ccccc5)n4)c3c2)c1.[C-]#[N+]c1ccc(-c2ccc3c(c2)c2cc(-c4ccc(C#N)cc4[N+]#[C-])ccc2n3-c2ccc(-c3cccc4c5ccccc5n(-c5ccccc5)c34)cc2-c2nc(-c3ccccc3)nc(-c3ccccc3)n2)c(C#N)c1. The number of aromatic nitrogens is 10. The van der Waals surface area contributed by atoms with Crippen LogP contribution in [0.5, 0.6) is 0 Å². The average molecular weight is 1810 g/mol. The summed E-state index contributed by atoms with van der Waals surface area (Å²) in [5.74, 6) is 3.20. The molecule has 0 aliphatic carbocycles. The first kappa shape index (κ1) is 84.3. The van der Waals surface area contributed by atoms with Crippen LogP contribution in [0.2, 0.25) is 0 Å². The number of rotatable bonds is 15. The molecule has 0 spiro atoms. The van der Waals surface area contributed by atoms with Gasteiger partial charge >= 0.3 is 0 Å². The van der Waals surface area contributed by atoms with Crippen LogP contribution >= 0.6 is 0 Å². The Morgan fingerprint density at radius 1 is 0.204 bits per heavy atom. The minimum Gasteiger partial charge on any atom is -0.309 e. The zero-order valence-electron chi connectivity index (χ0n) is 75.7. The zero-order chi connectivity index (χ0) is 95.4. The van der Waals surface area contributed by atoms with Crippen molar-refractivity contribution in [1.29, 1.82) is 10.5 Å². The Kier molecular flexibility index (Phi) is 21.2. The fraction of sp³-hybridized carbons (Fsp3) is 0. The van der Waals surface area contributed by atoms with Gasteiger partial charge in [0.2, 0.25) is 0 Å². The van der Waals surface area contributed by atoms with E-state index in [1.165, 1.54) is 5.39 Å². The number of para-hydroxylation sites is 7. The smallest absolute Gasteiger partial charge is 0.196 e. The van der Waals surface area contributed by atoms with Crippen LogP contribution in [0.4, 0.5) is 22.7 Å². The Labute approximate surface area is 815 Å². The van der Waals surface area contributed by atoms with Crippen LogP contribution in [0, 0.1) is 49.0 Å². The van der Waals surface area contributed by atoms with Crippen LogP contribution in [0.1, 0.15) is 11.1 Å². The maximum Gasteiger partial charge on any atom is 0.196 e. The lowest BCUT2D eigenvalue weighted by Gasteiger charge is -2.17. The molecule has 0 fully saturated rings. The van der Waals surface area contributed by atoms with Gasteiger partial charge in [-0.2, -0.15) is 10.5 Å². The molecule has 0 bridgehead atoms. The van der Waals surface area contributed by atoms with E-state index in [1.807, 2.05) is 164 Å². The second-order valence-electron chi connectivity index (χ2n) is 34.6. The van der Waals surface area contributed by atoms with E-state index in [1.54, 1.807) is 30.3 Å². The topological polar surface area (TPSA) is 162 Å². The van der Waals surface area contributed by atoms with Gasteiger partial charge in [0, 0.05) is 110 Å². The molecule has 6 heterocycles. The predicted octanol–water partition coefficient (Wildman–Crippen LogP) is 32.4. The summed E-state index contributed by atoms with van der Waals surface area (Å²) in [4.78, 5) is 46.4. The zero-order valence-corrected chi connectivity index (χ0v) is 75.7. The molecule has 0 unspecified atom stereocenters. The standard InChI is InChI=1S/C67H37N9.C59H35N7/c1-70-49-29-31-51(48(36-49)41-69)45-26-32-61-56(37-45)57-38-46(52-30-25-42(40-68)35-59(52)71-2)27-33-62(57)76(61)63-34-28-47(53-22-14-23-55-54-21-12-13-24-60(54)75(64(53)55)50-19-10-5-11-20-50)39-58(63)67-73-65(43-15-6-3-7-16-43)72-66(74-67)44-17-8-4-9-18-44;1-60-43-33-42(34-44(37-43)61-2)40-29-31-49-47-23-12-15-28-53(47)66(55(49)36-40)54-32-30-41(46-25-16-26-50-48-24-13-14-27-52(48)65(56(46)50)45-21-10-5-11-22-45)35-51(54)59-63-57(38-17-6-3-7-18-38)62-58(64-59)39-19-8-4-9-20-39/h3-39H;3-37H. The molecule has 6 aromatic heterocycles. The third kappa shape index (κ3) is 14.9. The summed E-state index contributed by atoms with van der Waals surface area (Å²) in [6, 6.07) is 152. The first-order valence-corrected chi connectivity index (χ1v) is 46.2. The molecule has 656 valence electrons. The first-order chi connectivity index (χ1) is 70.1. The largest absolute Gasteiger partial charge is 0.309 e. The summed E-state index contributed by atoms with van der Waals surface area (Å²) in [6.07, 6.45) is 0. The highest BCUT2D eigenvalue weighted by molar-refractivity contribution is 6.18. The van der Waals surface area contributed by atoms with E-state index in [0.717, 1.165) is 182 Å². The molecule has 25 rings (SSSR count). The van der Waals surface area contributed by atoms with Gasteiger partial charge in [-0.05, 0) is 160 Å².